The molecular formula is C21H24N2O6S. The number of anilines is 1. The second-order valence-corrected chi connectivity index (χ2v) is 8.97. The molecule has 2 aromatic carbocycles. The minimum absolute atomic E-state index is 0.0387. The normalized spacial score (nSPS) is 15.7. The third-order valence-electron chi connectivity index (χ3n) is 5.20. The van der Waals surface area contributed by atoms with Gasteiger partial charge in [0.1, 0.15) is 25.5 Å². The minimum Gasteiger partial charge on any atom is -0.497 e. The Morgan fingerprint density at radius 3 is 2.37 bits per heavy atom. The minimum atomic E-state index is -4.02. The van der Waals surface area contributed by atoms with Gasteiger partial charge in [-0.3, -0.25) is 9.10 Å². The third kappa shape index (κ3) is 4.02. The molecule has 2 aliphatic rings. The van der Waals surface area contributed by atoms with Gasteiger partial charge in [-0.1, -0.05) is 0 Å². The van der Waals surface area contributed by atoms with Gasteiger partial charge in [-0.2, -0.15) is 0 Å². The molecular weight excluding hydrogens is 408 g/mol. The molecule has 160 valence electrons. The summed E-state index contributed by atoms with van der Waals surface area (Å²) in [5, 5.41) is 0. The Morgan fingerprint density at radius 2 is 1.70 bits per heavy atom. The van der Waals surface area contributed by atoms with Crippen molar-refractivity contribution in [3.8, 4) is 17.2 Å². The second kappa shape index (κ2) is 8.43. The van der Waals surface area contributed by atoms with Crippen LogP contribution in [0.4, 0.5) is 5.69 Å². The second-order valence-electron chi connectivity index (χ2n) is 7.10. The summed E-state index contributed by atoms with van der Waals surface area (Å²) in [6.45, 7) is 1.80. The van der Waals surface area contributed by atoms with Gasteiger partial charge in [-0.05, 0) is 49.2 Å². The van der Waals surface area contributed by atoms with Crippen LogP contribution in [0.15, 0.2) is 47.4 Å². The summed E-state index contributed by atoms with van der Waals surface area (Å²) in [6, 6.07) is 11.1. The molecule has 0 radical (unpaired) electrons. The molecule has 1 saturated heterocycles. The number of methoxy groups -OCH3 is 1. The van der Waals surface area contributed by atoms with Gasteiger partial charge in [0.05, 0.1) is 17.7 Å². The van der Waals surface area contributed by atoms with Crippen molar-refractivity contribution in [1.29, 1.82) is 0 Å². The smallest absolute Gasteiger partial charge is 0.264 e. The van der Waals surface area contributed by atoms with Crippen molar-refractivity contribution in [2.24, 2.45) is 0 Å². The van der Waals surface area contributed by atoms with Gasteiger partial charge in [0.15, 0.2) is 11.5 Å². The van der Waals surface area contributed by atoms with Crippen LogP contribution in [0.5, 0.6) is 17.2 Å². The van der Waals surface area contributed by atoms with Crippen LogP contribution in [0.3, 0.4) is 0 Å². The lowest BCUT2D eigenvalue weighted by Crippen LogP contribution is -2.42. The van der Waals surface area contributed by atoms with Gasteiger partial charge in [0.25, 0.3) is 10.0 Å². The molecule has 2 aliphatic heterocycles. The summed E-state index contributed by atoms with van der Waals surface area (Å²) in [6.07, 6.45) is 1.87. The van der Waals surface area contributed by atoms with Gasteiger partial charge < -0.3 is 19.1 Å². The summed E-state index contributed by atoms with van der Waals surface area (Å²) >= 11 is 0. The van der Waals surface area contributed by atoms with Crippen LogP contribution in [0.25, 0.3) is 0 Å². The van der Waals surface area contributed by atoms with E-state index in [1.54, 1.807) is 35.2 Å². The van der Waals surface area contributed by atoms with Crippen molar-refractivity contribution in [3.05, 3.63) is 42.5 Å². The van der Waals surface area contributed by atoms with Crippen LogP contribution in [-0.2, 0) is 14.8 Å². The van der Waals surface area contributed by atoms with E-state index in [2.05, 4.69) is 0 Å². The number of sulfonamides is 1. The first-order valence-corrected chi connectivity index (χ1v) is 11.3. The highest BCUT2D eigenvalue weighted by atomic mass is 32.2. The number of ether oxygens (including phenoxy) is 3. The number of likely N-dealkylation sites (tertiary alicyclic amines) is 1. The Balaban J connectivity index is 1.70. The highest BCUT2D eigenvalue weighted by Gasteiger charge is 2.31. The molecule has 0 unspecified atom stereocenters. The molecule has 0 aliphatic carbocycles. The molecule has 0 spiro atoms. The van der Waals surface area contributed by atoms with Gasteiger partial charge in [-0.15, -0.1) is 0 Å². The lowest BCUT2D eigenvalue weighted by molar-refractivity contribution is -0.128. The first-order valence-electron chi connectivity index (χ1n) is 9.83. The zero-order valence-electron chi connectivity index (χ0n) is 16.7. The lowest BCUT2D eigenvalue weighted by atomic mass is 10.3. The molecule has 9 heteroatoms. The van der Waals surface area contributed by atoms with Crippen molar-refractivity contribution in [2.45, 2.75) is 17.7 Å². The van der Waals surface area contributed by atoms with E-state index in [1.807, 2.05) is 0 Å². The van der Waals surface area contributed by atoms with Crippen LogP contribution in [0.1, 0.15) is 12.8 Å². The van der Waals surface area contributed by atoms with Crippen molar-refractivity contribution in [3.63, 3.8) is 0 Å². The lowest BCUT2D eigenvalue weighted by Gasteiger charge is -2.27. The fourth-order valence-electron chi connectivity index (χ4n) is 3.56. The van der Waals surface area contributed by atoms with Crippen molar-refractivity contribution >= 4 is 21.6 Å². The number of carbonyl (C=O) groups excluding carboxylic acids is 1. The molecule has 0 saturated carbocycles. The largest absolute Gasteiger partial charge is 0.497 e. The van der Waals surface area contributed by atoms with E-state index in [0.29, 0.717) is 49.2 Å². The van der Waals surface area contributed by atoms with Crippen LogP contribution in [-0.4, -0.2) is 59.2 Å². The topological polar surface area (TPSA) is 85.4 Å². The molecule has 1 fully saturated rings. The van der Waals surface area contributed by atoms with Crippen LogP contribution >= 0.6 is 0 Å². The van der Waals surface area contributed by atoms with E-state index in [4.69, 9.17) is 14.2 Å². The van der Waals surface area contributed by atoms with Gasteiger partial charge in [-0.25, -0.2) is 8.42 Å². The van der Waals surface area contributed by atoms with E-state index in [1.165, 1.54) is 19.2 Å². The standard InChI is InChI=1S/C21H24N2O6S/c1-27-17-6-4-16(5-7-17)23(15-21(24)22-10-2-3-11-22)30(25,26)18-8-9-19-20(14-18)29-13-12-28-19/h4-9,14H,2-3,10-13,15H2,1H3. The number of rotatable bonds is 6. The Hall–Kier alpha value is -2.94. The molecule has 4 rings (SSSR count). The Bertz CT molecular complexity index is 1020. The maximum atomic E-state index is 13.6. The van der Waals surface area contributed by atoms with E-state index < -0.39 is 10.0 Å². The van der Waals surface area contributed by atoms with E-state index in [0.717, 1.165) is 17.1 Å². The Morgan fingerprint density at radius 1 is 1.03 bits per heavy atom. The summed E-state index contributed by atoms with van der Waals surface area (Å²) in [4.78, 5) is 14.6. The molecule has 0 bridgehead atoms. The molecule has 2 aromatic rings. The fourth-order valence-corrected chi connectivity index (χ4v) is 4.99. The summed E-state index contributed by atoms with van der Waals surface area (Å²) in [5.41, 5.74) is 0.387. The van der Waals surface area contributed by atoms with Gasteiger partial charge in [0.2, 0.25) is 5.91 Å². The zero-order valence-corrected chi connectivity index (χ0v) is 17.6. The number of fused-ring (bicyclic) bond motifs is 1. The highest BCUT2D eigenvalue weighted by molar-refractivity contribution is 7.92. The predicted molar refractivity (Wildman–Crippen MR) is 111 cm³/mol. The Labute approximate surface area is 176 Å². The number of carbonyl (C=O) groups is 1. The fraction of sp³-hybridized carbons (Fsp3) is 0.381. The molecule has 30 heavy (non-hydrogen) atoms. The molecule has 1 amide bonds. The van der Waals surface area contributed by atoms with Crippen LogP contribution in [0, 0.1) is 0 Å². The SMILES string of the molecule is COc1ccc(N(CC(=O)N2CCCC2)S(=O)(=O)c2ccc3c(c2)OCCO3)cc1. The first-order chi connectivity index (χ1) is 14.5. The van der Waals surface area contributed by atoms with Crippen molar-refractivity contribution in [2.75, 3.05) is 44.3 Å². The summed E-state index contributed by atoms with van der Waals surface area (Å²) < 4.78 is 44.4. The molecule has 0 aromatic heterocycles. The number of benzene rings is 2. The van der Waals surface area contributed by atoms with Gasteiger partial charge >= 0.3 is 0 Å². The van der Waals surface area contributed by atoms with E-state index in [-0.39, 0.29) is 17.3 Å². The first kappa shape index (κ1) is 20.3. The maximum Gasteiger partial charge on any atom is 0.264 e. The highest BCUT2D eigenvalue weighted by Crippen LogP contribution is 2.34. The average Bonchev–Trinajstić information content (AvgIpc) is 3.32. The third-order valence-corrected chi connectivity index (χ3v) is 6.97. The molecule has 2 heterocycles. The number of hydrogen-bond donors (Lipinski definition) is 0. The predicted octanol–water partition coefficient (Wildman–Crippen LogP) is 2.28. The van der Waals surface area contributed by atoms with Gasteiger partial charge in [0, 0.05) is 19.2 Å². The number of amides is 1. The number of hydrogen-bond acceptors (Lipinski definition) is 6. The Kier molecular flexibility index (Phi) is 5.72. The maximum absolute atomic E-state index is 13.6. The molecule has 8 nitrogen and oxygen atoms in total. The molecule has 0 atom stereocenters. The number of nitrogens with zero attached hydrogens (tertiary/aromatic N) is 2. The van der Waals surface area contributed by atoms with E-state index >= 15 is 0 Å². The summed E-state index contributed by atoms with van der Waals surface area (Å²) in [7, 11) is -2.49. The summed E-state index contributed by atoms with van der Waals surface area (Å²) in [5.74, 6) is 1.26. The van der Waals surface area contributed by atoms with Crippen LogP contribution < -0.4 is 18.5 Å². The monoisotopic (exact) mass is 432 g/mol. The van der Waals surface area contributed by atoms with Crippen molar-refractivity contribution in [1.82, 2.24) is 4.90 Å². The molecule has 0 N–H and O–H groups in total. The average molecular weight is 432 g/mol. The van der Waals surface area contributed by atoms with Crippen LogP contribution in [0.2, 0.25) is 0 Å². The quantitative estimate of drug-likeness (QED) is 0.696. The van der Waals surface area contributed by atoms with E-state index in [9.17, 15) is 13.2 Å². The van der Waals surface area contributed by atoms with Crippen molar-refractivity contribution < 1.29 is 27.4 Å². The zero-order chi connectivity index (χ0) is 21.1.